The fourth-order valence-electron chi connectivity index (χ4n) is 3.06. The number of imidazole rings is 1. The lowest BCUT2D eigenvalue weighted by Crippen LogP contribution is -2.26. The zero-order valence-electron chi connectivity index (χ0n) is 12.1. The van der Waals surface area contributed by atoms with E-state index in [0.717, 1.165) is 63.2 Å². The van der Waals surface area contributed by atoms with Crippen molar-refractivity contribution in [1.29, 1.82) is 0 Å². The molecular weight excluding hydrogens is 256 g/mol. The zero-order valence-corrected chi connectivity index (χ0v) is 12.1. The van der Waals surface area contributed by atoms with E-state index in [1.54, 1.807) is 0 Å². The fraction of sp³-hybridized carbons (Fsp3) is 0.733. The third-order valence-electron chi connectivity index (χ3n) is 4.18. The molecule has 0 aromatic carbocycles. The van der Waals surface area contributed by atoms with Crippen LogP contribution in [0, 0.1) is 6.92 Å². The van der Waals surface area contributed by atoms with Gasteiger partial charge in [-0.1, -0.05) is 0 Å². The summed E-state index contributed by atoms with van der Waals surface area (Å²) in [5.74, 6) is 0.624. The Bertz CT molecular complexity index is 490. The summed E-state index contributed by atoms with van der Waals surface area (Å²) in [6.07, 6.45) is 6.51. The van der Waals surface area contributed by atoms with E-state index in [-0.39, 0.29) is 12.1 Å². The van der Waals surface area contributed by atoms with Crippen LogP contribution in [0.3, 0.4) is 0 Å². The lowest BCUT2D eigenvalue weighted by molar-refractivity contribution is -0.0302. The summed E-state index contributed by atoms with van der Waals surface area (Å²) in [5.41, 5.74) is 1.56. The Morgan fingerprint density at radius 3 is 3.10 bits per heavy atom. The number of fused-ring (bicyclic) bond motifs is 1. The molecule has 0 amide bonds. The summed E-state index contributed by atoms with van der Waals surface area (Å²) in [7, 11) is 0. The normalized spacial score (nSPS) is 22.4. The van der Waals surface area contributed by atoms with Crippen LogP contribution in [0.4, 0.5) is 0 Å². The number of aryl methyl sites for hydroxylation is 1. The number of hydrogen-bond donors (Lipinski definition) is 0. The number of nitrogens with zero attached hydrogens (tertiary/aromatic N) is 2. The van der Waals surface area contributed by atoms with E-state index in [4.69, 9.17) is 9.47 Å². The Hall–Kier alpha value is -1.36. The molecule has 0 bridgehead atoms. The van der Waals surface area contributed by atoms with Crippen molar-refractivity contribution in [3.8, 4) is 0 Å². The first-order chi connectivity index (χ1) is 9.75. The van der Waals surface area contributed by atoms with Gasteiger partial charge in [-0.05, 0) is 45.4 Å². The predicted octanol–water partition coefficient (Wildman–Crippen LogP) is 2.25. The summed E-state index contributed by atoms with van der Waals surface area (Å²) < 4.78 is 13.1. The van der Waals surface area contributed by atoms with Crippen LogP contribution in [-0.2, 0) is 22.4 Å². The van der Waals surface area contributed by atoms with Gasteiger partial charge in [-0.25, -0.2) is 9.78 Å². The van der Waals surface area contributed by atoms with E-state index >= 15 is 0 Å². The van der Waals surface area contributed by atoms with Gasteiger partial charge in [-0.2, -0.15) is 0 Å². The summed E-state index contributed by atoms with van der Waals surface area (Å²) in [5, 5.41) is 0. The SMILES string of the molecule is Cc1nc(C(=O)OC[C@@H]2CCCCO2)c2n1CCCC2. The first-order valence-electron chi connectivity index (χ1n) is 7.60. The van der Waals surface area contributed by atoms with Gasteiger partial charge in [0.1, 0.15) is 12.4 Å². The molecule has 1 aromatic rings. The first kappa shape index (κ1) is 13.6. The van der Waals surface area contributed by atoms with Gasteiger partial charge in [0.15, 0.2) is 5.69 Å². The lowest BCUT2D eigenvalue weighted by atomic mass is 10.1. The number of rotatable bonds is 3. The number of carbonyl (C=O) groups excluding carboxylic acids is 1. The minimum absolute atomic E-state index is 0.0623. The van der Waals surface area contributed by atoms with E-state index in [1.165, 1.54) is 0 Å². The van der Waals surface area contributed by atoms with Crippen molar-refractivity contribution in [2.75, 3.05) is 13.2 Å². The van der Waals surface area contributed by atoms with Crippen LogP contribution in [0.2, 0.25) is 0 Å². The van der Waals surface area contributed by atoms with E-state index in [9.17, 15) is 4.79 Å². The van der Waals surface area contributed by atoms with E-state index < -0.39 is 0 Å². The molecule has 0 N–H and O–H groups in total. The number of hydrogen-bond acceptors (Lipinski definition) is 4. The van der Waals surface area contributed by atoms with Crippen molar-refractivity contribution >= 4 is 5.97 Å². The van der Waals surface area contributed by atoms with Crippen LogP contribution in [0.5, 0.6) is 0 Å². The molecule has 0 aliphatic carbocycles. The Morgan fingerprint density at radius 2 is 2.30 bits per heavy atom. The van der Waals surface area contributed by atoms with Crippen molar-refractivity contribution in [3.05, 3.63) is 17.2 Å². The number of carbonyl (C=O) groups is 1. The molecule has 5 heteroatoms. The molecule has 5 nitrogen and oxygen atoms in total. The van der Waals surface area contributed by atoms with Crippen LogP contribution >= 0.6 is 0 Å². The fourth-order valence-corrected chi connectivity index (χ4v) is 3.06. The van der Waals surface area contributed by atoms with Gasteiger partial charge in [-0.15, -0.1) is 0 Å². The number of aromatic nitrogens is 2. The molecule has 0 saturated carbocycles. The summed E-state index contributed by atoms with van der Waals surface area (Å²) >= 11 is 0. The molecule has 1 fully saturated rings. The second-order valence-corrected chi connectivity index (χ2v) is 5.65. The van der Waals surface area contributed by atoms with Gasteiger partial charge < -0.3 is 14.0 Å². The predicted molar refractivity (Wildman–Crippen MR) is 73.8 cm³/mol. The van der Waals surface area contributed by atoms with Crippen molar-refractivity contribution in [2.24, 2.45) is 0 Å². The summed E-state index contributed by atoms with van der Waals surface area (Å²) in [6, 6.07) is 0. The van der Waals surface area contributed by atoms with Crippen molar-refractivity contribution < 1.29 is 14.3 Å². The van der Waals surface area contributed by atoms with Crippen LogP contribution in [0.1, 0.15) is 54.1 Å². The Labute approximate surface area is 119 Å². The smallest absolute Gasteiger partial charge is 0.358 e. The van der Waals surface area contributed by atoms with E-state index in [1.807, 2.05) is 6.92 Å². The number of esters is 1. The van der Waals surface area contributed by atoms with Crippen LogP contribution < -0.4 is 0 Å². The average Bonchev–Trinajstić information content (AvgIpc) is 2.84. The summed E-state index contributed by atoms with van der Waals surface area (Å²) in [4.78, 5) is 16.6. The van der Waals surface area contributed by atoms with Gasteiger partial charge >= 0.3 is 5.97 Å². The molecule has 1 aromatic heterocycles. The van der Waals surface area contributed by atoms with Gasteiger partial charge in [0.05, 0.1) is 11.8 Å². The van der Waals surface area contributed by atoms with E-state index in [0.29, 0.717) is 12.3 Å². The van der Waals surface area contributed by atoms with Gasteiger partial charge in [-0.3, -0.25) is 0 Å². The van der Waals surface area contributed by atoms with Crippen LogP contribution in [-0.4, -0.2) is 34.8 Å². The maximum Gasteiger partial charge on any atom is 0.358 e. The van der Waals surface area contributed by atoms with Gasteiger partial charge in [0.25, 0.3) is 0 Å². The maximum atomic E-state index is 12.2. The van der Waals surface area contributed by atoms with Crippen LogP contribution in [0.15, 0.2) is 0 Å². The van der Waals surface area contributed by atoms with Crippen molar-refractivity contribution in [2.45, 2.75) is 58.1 Å². The molecule has 3 rings (SSSR count). The molecule has 0 unspecified atom stereocenters. The van der Waals surface area contributed by atoms with Gasteiger partial charge in [0, 0.05) is 13.2 Å². The highest BCUT2D eigenvalue weighted by Gasteiger charge is 2.25. The molecule has 110 valence electrons. The molecule has 0 spiro atoms. The largest absolute Gasteiger partial charge is 0.458 e. The first-order valence-corrected chi connectivity index (χ1v) is 7.60. The average molecular weight is 278 g/mol. The standard InChI is InChI=1S/C15H22N2O3/c1-11-16-14(13-7-2-4-8-17(11)13)15(18)20-10-12-6-3-5-9-19-12/h12H,2-10H2,1H3/t12-/m0/s1. The third-order valence-corrected chi connectivity index (χ3v) is 4.18. The number of ether oxygens (including phenoxy) is 2. The molecule has 1 atom stereocenters. The van der Waals surface area contributed by atoms with E-state index in [2.05, 4.69) is 9.55 Å². The zero-order chi connectivity index (χ0) is 13.9. The molecule has 2 aliphatic rings. The second kappa shape index (κ2) is 5.95. The quantitative estimate of drug-likeness (QED) is 0.796. The second-order valence-electron chi connectivity index (χ2n) is 5.65. The summed E-state index contributed by atoms with van der Waals surface area (Å²) in [6.45, 7) is 4.05. The third kappa shape index (κ3) is 2.73. The maximum absolute atomic E-state index is 12.2. The minimum atomic E-state index is -0.294. The Balaban J connectivity index is 1.65. The van der Waals surface area contributed by atoms with Crippen molar-refractivity contribution in [1.82, 2.24) is 9.55 Å². The molecule has 20 heavy (non-hydrogen) atoms. The molecule has 1 saturated heterocycles. The topological polar surface area (TPSA) is 53.4 Å². The molecule has 3 heterocycles. The van der Waals surface area contributed by atoms with Gasteiger partial charge in [0.2, 0.25) is 0 Å². The highest BCUT2D eigenvalue weighted by Crippen LogP contribution is 2.21. The highest BCUT2D eigenvalue weighted by atomic mass is 16.6. The van der Waals surface area contributed by atoms with Crippen molar-refractivity contribution in [3.63, 3.8) is 0 Å². The molecule has 2 aliphatic heterocycles. The Morgan fingerprint density at radius 1 is 1.40 bits per heavy atom. The highest BCUT2D eigenvalue weighted by molar-refractivity contribution is 5.88. The molecular formula is C15H22N2O3. The van der Waals surface area contributed by atoms with Crippen LogP contribution in [0.25, 0.3) is 0 Å². The minimum Gasteiger partial charge on any atom is -0.458 e. The lowest BCUT2D eigenvalue weighted by Gasteiger charge is -2.22. The Kier molecular flexibility index (Phi) is 4.05. The monoisotopic (exact) mass is 278 g/mol. The molecule has 0 radical (unpaired) electrons.